The lowest BCUT2D eigenvalue weighted by Gasteiger charge is -2.33. The molecule has 2 unspecified atom stereocenters. The van der Waals surface area contributed by atoms with E-state index in [1.165, 1.54) is 25.8 Å². The van der Waals surface area contributed by atoms with Gasteiger partial charge in [-0.05, 0) is 74.7 Å². The van der Waals surface area contributed by atoms with Crippen LogP contribution in [-0.2, 0) is 11.3 Å². The van der Waals surface area contributed by atoms with Gasteiger partial charge in [0.2, 0.25) is 5.91 Å². The molecule has 0 saturated carbocycles. The number of aryl methyl sites for hydroxylation is 2. The van der Waals surface area contributed by atoms with Crippen molar-refractivity contribution in [2.24, 2.45) is 5.73 Å². The molecule has 0 bridgehead atoms. The number of hydrogen-bond acceptors (Lipinski definition) is 6. The number of piperidine rings is 1. The molecule has 1 saturated heterocycles. The maximum atomic E-state index is 12.6. The van der Waals surface area contributed by atoms with Crippen LogP contribution in [0.15, 0.2) is 17.5 Å². The number of nitrogens with one attached hydrogen (secondary N) is 1. The average molecular weight is 417 g/mol. The van der Waals surface area contributed by atoms with Crippen molar-refractivity contribution in [3.05, 3.63) is 33.5 Å². The minimum Gasteiger partial charge on any atom is -0.325 e. The van der Waals surface area contributed by atoms with Crippen molar-refractivity contribution in [2.45, 2.75) is 58.2 Å². The standard InChI is InChI=1S/C21H28N4OS2/c1-14-7-10-27-19(14)20-15(2)11-17(28-20)13-24-8-6-18(23)21(26)25-9-4-3-5-16(25)12-22/h7,10-11,16,18,24H,3-6,8-9,13,23H2,1-2H3. The van der Waals surface area contributed by atoms with E-state index in [0.717, 1.165) is 25.8 Å². The van der Waals surface area contributed by atoms with Crippen LogP contribution in [0.25, 0.3) is 9.75 Å². The van der Waals surface area contributed by atoms with Crippen molar-refractivity contribution in [2.75, 3.05) is 13.1 Å². The molecule has 1 fully saturated rings. The molecule has 28 heavy (non-hydrogen) atoms. The minimum absolute atomic E-state index is 0.0875. The zero-order chi connectivity index (χ0) is 20.1. The summed E-state index contributed by atoms with van der Waals surface area (Å²) in [6, 6.07) is 5.78. The lowest BCUT2D eigenvalue weighted by Crippen LogP contribution is -2.50. The fourth-order valence-corrected chi connectivity index (χ4v) is 5.95. The van der Waals surface area contributed by atoms with Gasteiger partial charge >= 0.3 is 0 Å². The van der Waals surface area contributed by atoms with Crippen LogP contribution in [0, 0.1) is 25.2 Å². The Kier molecular flexibility index (Phi) is 7.24. The van der Waals surface area contributed by atoms with E-state index in [2.05, 4.69) is 42.7 Å². The quantitative estimate of drug-likeness (QED) is 0.673. The van der Waals surface area contributed by atoms with E-state index in [9.17, 15) is 10.1 Å². The van der Waals surface area contributed by atoms with Crippen LogP contribution in [0.2, 0.25) is 0 Å². The lowest BCUT2D eigenvalue weighted by atomic mass is 10.0. The summed E-state index contributed by atoms with van der Waals surface area (Å²) in [5.74, 6) is -0.0875. The van der Waals surface area contributed by atoms with Crippen molar-refractivity contribution in [1.82, 2.24) is 10.2 Å². The first-order valence-corrected chi connectivity index (χ1v) is 11.5. The van der Waals surface area contributed by atoms with Crippen molar-refractivity contribution < 1.29 is 4.79 Å². The maximum absolute atomic E-state index is 12.6. The highest BCUT2D eigenvalue weighted by Crippen LogP contribution is 2.37. The van der Waals surface area contributed by atoms with Gasteiger partial charge < -0.3 is 16.0 Å². The molecular formula is C21H28N4OS2. The molecule has 7 heteroatoms. The normalized spacial score (nSPS) is 18.1. The molecule has 2 aromatic rings. The Morgan fingerprint density at radius 3 is 2.93 bits per heavy atom. The summed E-state index contributed by atoms with van der Waals surface area (Å²) in [5, 5.41) is 14.8. The third-order valence-corrected chi connectivity index (χ3v) is 7.64. The molecule has 5 nitrogen and oxygen atoms in total. The molecule has 0 aliphatic carbocycles. The zero-order valence-electron chi connectivity index (χ0n) is 16.5. The van der Waals surface area contributed by atoms with E-state index in [1.807, 2.05) is 11.3 Å². The molecule has 0 aromatic carbocycles. The fourth-order valence-electron chi connectivity index (χ4n) is 3.60. The number of nitriles is 1. The number of nitrogens with zero attached hydrogens (tertiary/aromatic N) is 2. The smallest absolute Gasteiger partial charge is 0.240 e. The molecular weight excluding hydrogens is 388 g/mol. The second-order valence-corrected chi connectivity index (χ2v) is 9.45. The summed E-state index contributed by atoms with van der Waals surface area (Å²) in [4.78, 5) is 18.2. The van der Waals surface area contributed by atoms with Crippen molar-refractivity contribution in [3.63, 3.8) is 0 Å². The highest BCUT2D eigenvalue weighted by molar-refractivity contribution is 7.21. The van der Waals surface area contributed by atoms with E-state index in [1.54, 1.807) is 16.2 Å². The second kappa shape index (κ2) is 9.66. The first-order chi connectivity index (χ1) is 13.5. The Balaban J connectivity index is 1.47. The Bertz CT molecular complexity index is 851. The van der Waals surface area contributed by atoms with Gasteiger partial charge in [-0.2, -0.15) is 5.26 Å². The topological polar surface area (TPSA) is 82.2 Å². The largest absolute Gasteiger partial charge is 0.325 e. The highest BCUT2D eigenvalue weighted by atomic mass is 32.1. The van der Waals surface area contributed by atoms with Gasteiger partial charge in [0.25, 0.3) is 0 Å². The minimum atomic E-state index is -0.546. The Hall–Kier alpha value is -1.72. The molecule has 0 spiro atoms. The van der Waals surface area contributed by atoms with Gasteiger partial charge in [-0.1, -0.05) is 0 Å². The number of nitrogens with two attached hydrogens (primary N) is 1. The van der Waals surface area contributed by atoms with Crippen molar-refractivity contribution in [3.8, 4) is 15.8 Å². The number of rotatable bonds is 7. The van der Waals surface area contributed by atoms with E-state index in [-0.39, 0.29) is 11.9 Å². The van der Waals surface area contributed by atoms with Gasteiger partial charge in [0, 0.05) is 27.7 Å². The summed E-state index contributed by atoms with van der Waals surface area (Å²) < 4.78 is 0. The van der Waals surface area contributed by atoms with E-state index < -0.39 is 6.04 Å². The summed E-state index contributed by atoms with van der Waals surface area (Å²) in [6.45, 7) is 6.43. The SMILES string of the molecule is Cc1ccsc1-c1sc(CNCCC(N)C(=O)N2CCCCC2C#N)cc1C. The molecule has 2 atom stereocenters. The van der Waals surface area contributed by atoms with Crippen molar-refractivity contribution in [1.29, 1.82) is 5.26 Å². The van der Waals surface area contributed by atoms with Crippen LogP contribution < -0.4 is 11.1 Å². The Morgan fingerprint density at radius 1 is 1.39 bits per heavy atom. The van der Waals surface area contributed by atoms with Gasteiger partial charge in [0.05, 0.1) is 12.1 Å². The molecule has 2 aromatic heterocycles. The van der Waals surface area contributed by atoms with Gasteiger partial charge in [-0.3, -0.25) is 4.79 Å². The predicted octanol–water partition coefficient (Wildman–Crippen LogP) is 3.81. The van der Waals surface area contributed by atoms with Gasteiger partial charge in [-0.15, -0.1) is 22.7 Å². The Labute approximate surface area is 175 Å². The van der Waals surface area contributed by atoms with Gasteiger partial charge in [-0.25, -0.2) is 0 Å². The monoisotopic (exact) mass is 416 g/mol. The number of thiophene rings is 2. The zero-order valence-corrected chi connectivity index (χ0v) is 18.2. The fraction of sp³-hybridized carbons (Fsp3) is 0.524. The Morgan fingerprint density at radius 2 is 2.21 bits per heavy atom. The number of carbonyl (C=O) groups excluding carboxylic acids is 1. The highest BCUT2D eigenvalue weighted by Gasteiger charge is 2.29. The molecule has 1 amide bonds. The third-order valence-electron chi connectivity index (χ3n) is 5.22. The third kappa shape index (κ3) is 4.81. The molecule has 1 aliphatic rings. The van der Waals surface area contributed by atoms with Crippen LogP contribution >= 0.6 is 22.7 Å². The molecule has 3 N–H and O–H groups in total. The molecule has 0 radical (unpaired) electrons. The summed E-state index contributed by atoms with van der Waals surface area (Å²) >= 11 is 3.62. The molecule has 3 rings (SSSR count). The predicted molar refractivity (Wildman–Crippen MR) is 116 cm³/mol. The lowest BCUT2D eigenvalue weighted by molar-refractivity contribution is -0.135. The van der Waals surface area contributed by atoms with Crippen molar-refractivity contribution >= 4 is 28.6 Å². The van der Waals surface area contributed by atoms with E-state index >= 15 is 0 Å². The van der Waals surface area contributed by atoms with Crippen LogP contribution in [-0.4, -0.2) is 36.0 Å². The summed E-state index contributed by atoms with van der Waals surface area (Å²) in [7, 11) is 0. The first kappa shape index (κ1) is 21.0. The summed E-state index contributed by atoms with van der Waals surface area (Å²) in [5.41, 5.74) is 8.76. The second-order valence-electron chi connectivity index (χ2n) is 7.40. The summed E-state index contributed by atoms with van der Waals surface area (Å²) in [6.07, 6.45) is 3.30. The average Bonchev–Trinajstić information content (AvgIpc) is 3.29. The molecule has 1 aliphatic heterocycles. The van der Waals surface area contributed by atoms with Crippen LogP contribution in [0.3, 0.4) is 0 Å². The molecule has 3 heterocycles. The van der Waals surface area contributed by atoms with E-state index in [0.29, 0.717) is 19.5 Å². The number of carbonyl (C=O) groups is 1. The number of likely N-dealkylation sites (tertiary alicyclic amines) is 1. The van der Waals surface area contributed by atoms with Crippen LogP contribution in [0.4, 0.5) is 0 Å². The van der Waals surface area contributed by atoms with E-state index in [4.69, 9.17) is 5.73 Å². The maximum Gasteiger partial charge on any atom is 0.240 e. The van der Waals surface area contributed by atoms with Gasteiger partial charge in [0.1, 0.15) is 6.04 Å². The van der Waals surface area contributed by atoms with Crippen LogP contribution in [0.1, 0.15) is 41.7 Å². The van der Waals surface area contributed by atoms with Gasteiger partial charge in [0.15, 0.2) is 0 Å². The first-order valence-electron chi connectivity index (χ1n) is 9.81. The van der Waals surface area contributed by atoms with Crippen LogP contribution in [0.5, 0.6) is 0 Å². The molecule has 150 valence electrons. The number of amides is 1. The number of hydrogen-bond donors (Lipinski definition) is 2.